The highest BCUT2D eigenvalue weighted by molar-refractivity contribution is 5.84. The second-order valence-corrected chi connectivity index (χ2v) is 6.37. The molecule has 0 bridgehead atoms. The summed E-state index contributed by atoms with van der Waals surface area (Å²) < 4.78 is 2.71. The minimum absolute atomic E-state index is 0.0325. The van der Waals surface area contributed by atoms with Crippen LogP contribution in [0.2, 0.25) is 0 Å². The normalized spacial score (nSPS) is 13.6. The van der Waals surface area contributed by atoms with Gasteiger partial charge in [-0.1, -0.05) is 32.9 Å². The fourth-order valence-corrected chi connectivity index (χ4v) is 2.98. The Morgan fingerprint density at radius 1 is 1.12 bits per heavy atom. The zero-order valence-corrected chi connectivity index (χ0v) is 15.4. The number of amides is 1. The molecule has 1 heterocycles. The first kappa shape index (κ1) is 19.0. The van der Waals surface area contributed by atoms with Gasteiger partial charge in [-0.3, -0.25) is 18.7 Å². The summed E-state index contributed by atoms with van der Waals surface area (Å²) in [6.45, 7) is 8.06. The van der Waals surface area contributed by atoms with Gasteiger partial charge in [-0.25, -0.2) is 4.79 Å². The van der Waals surface area contributed by atoms with E-state index in [9.17, 15) is 14.4 Å². The third kappa shape index (κ3) is 3.67. The van der Waals surface area contributed by atoms with Gasteiger partial charge in [0.1, 0.15) is 6.04 Å². The van der Waals surface area contributed by atoms with Crippen molar-refractivity contribution in [3.63, 3.8) is 0 Å². The first-order valence-corrected chi connectivity index (χ1v) is 9.00. The summed E-state index contributed by atoms with van der Waals surface area (Å²) in [5.41, 5.74) is -0.205. The maximum absolute atomic E-state index is 13.0. The Balaban J connectivity index is 2.72. The van der Waals surface area contributed by atoms with Crippen molar-refractivity contribution >= 4 is 16.8 Å². The van der Waals surface area contributed by atoms with Gasteiger partial charge in [-0.2, -0.15) is 0 Å². The van der Waals surface area contributed by atoms with Crippen LogP contribution < -0.4 is 16.6 Å². The second-order valence-electron chi connectivity index (χ2n) is 6.37. The van der Waals surface area contributed by atoms with Crippen molar-refractivity contribution in [3.8, 4) is 0 Å². The third-order valence-corrected chi connectivity index (χ3v) is 4.53. The van der Waals surface area contributed by atoms with Gasteiger partial charge >= 0.3 is 5.69 Å². The van der Waals surface area contributed by atoms with Crippen LogP contribution in [0.3, 0.4) is 0 Å². The molecule has 1 N–H and O–H groups in total. The maximum atomic E-state index is 13.0. The molecule has 0 aliphatic carbocycles. The second kappa shape index (κ2) is 8.14. The van der Waals surface area contributed by atoms with E-state index in [1.807, 2.05) is 27.7 Å². The number of para-hydroxylation sites is 1. The largest absolute Gasteiger partial charge is 0.352 e. The third-order valence-electron chi connectivity index (χ3n) is 4.53. The number of aromatic nitrogens is 2. The van der Waals surface area contributed by atoms with Crippen LogP contribution in [0.25, 0.3) is 10.9 Å². The molecule has 2 rings (SSSR count). The maximum Gasteiger partial charge on any atom is 0.332 e. The summed E-state index contributed by atoms with van der Waals surface area (Å²) in [5.74, 6) is -0.189. The molecule has 1 aromatic carbocycles. The van der Waals surface area contributed by atoms with Crippen LogP contribution >= 0.6 is 0 Å². The molecule has 0 unspecified atom stereocenters. The van der Waals surface area contributed by atoms with Crippen molar-refractivity contribution in [2.24, 2.45) is 0 Å². The number of fused-ring (bicyclic) bond motifs is 1. The Morgan fingerprint density at radius 2 is 1.80 bits per heavy atom. The molecule has 2 aromatic rings. The molecule has 0 aliphatic heterocycles. The molecular weight excluding hydrogens is 318 g/mol. The lowest BCUT2D eigenvalue weighted by molar-refractivity contribution is -0.125. The zero-order valence-electron chi connectivity index (χ0n) is 15.4. The fraction of sp³-hybridized carbons (Fsp3) is 0.526. The molecule has 2 atom stereocenters. The summed E-state index contributed by atoms with van der Waals surface area (Å²) in [5, 5.41) is 3.41. The molecule has 0 spiro atoms. The summed E-state index contributed by atoms with van der Waals surface area (Å²) in [4.78, 5) is 38.4. The molecule has 136 valence electrons. The summed E-state index contributed by atoms with van der Waals surface area (Å²) in [6.07, 6.45) is 1.95. The van der Waals surface area contributed by atoms with Crippen molar-refractivity contribution in [2.75, 3.05) is 0 Å². The Labute approximate surface area is 147 Å². The lowest BCUT2D eigenvalue weighted by Gasteiger charge is -2.23. The summed E-state index contributed by atoms with van der Waals surface area (Å²) in [7, 11) is 0. The monoisotopic (exact) mass is 345 g/mol. The Bertz CT molecular complexity index is 866. The van der Waals surface area contributed by atoms with Gasteiger partial charge < -0.3 is 5.32 Å². The predicted octanol–water partition coefficient (Wildman–Crippen LogP) is 2.44. The van der Waals surface area contributed by atoms with Gasteiger partial charge in [0, 0.05) is 12.6 Å². The summed E-state index contributed by atoms with van der Waals surface area (Å²) in [6, 6.07) is 6.38. The molecule has 25 heavy (non-hydrogen) atoms. The molecule has 0 saturated carbocycles. The van der Waals surface area contributed by atoms with E-state index >= 15 is 0 Å². The van der Waals surface area contributed by atoms with Crippen LogP contribution in [-0.4, -0.2) is 21.1 Å². The molecule has 0 saturated heterocycles. The van der Waals surface area contributed by atoms with E-state index in [1.54, 1.807) is 24.3 Å². The van der Waals surface area contributed by atoms with Crippen LogP contribution in [0.4, 0.5) is 0 Å². The van der Waals surface area contributed by atoms with Crippen molar-refractivity contribution in [2.45, 2.75) is 65.6 Å². The van der Waals surface area contributed by atoms with Gasteiger partial charge in [0.25, 0.3) is 5.56 Å². The number of nitrogens with zero attached hydrogens (tertiary/aromatic N) is 2. The Kier molecular flexibility index (Phi) is 6.17. The molecular formula is C19H27N3O3. The number of hydrogen-bond acceptors (Lipinski definition) is 3. The van der Waals surface area contributed by atoms with E-state index in [-0.39, 0.29) is 17.5 Å². The Morgan fingerprint density at radius 3 is 2.40 bits per heavy atom. The van der Waals surface area contributed by atoms with Crippen LogP contribution in [0, 0.1) is 0 Å². The van der Waals surface area contributed by atoms with Crippen LogP contribution in [-0.2, 0) is 11.3 Å². The summed E-state index contributed by atoms with van der Waals surface area (Å²) >= 11 is 0. The molecule has 0 radical (unpaired) electrons. The highest BCUT2D eigenvalue weighted by Crippen LogP contribution is 2.17. The lowest BCUT2D eigenvalue weighted by Crippen LogP contribution is -2.46. The first-order chi connectivity index (χ1) is 12.0. The highest BCUT2D eigenvalue weighted by Gasteiger charge is 2.24. The molecule has 1 amide bonds. The van der Waals surface area contributed by atoms with Gasteiger partial charge in [0.15, 0.2) is 0 Å². The standard InChI is InChI=1S/C19H27N3O3/c1-5-12-21-18(24)14-10-8-9-11-16(14)22(19(21)25)15(7-3)17(23)20-13(4)6-2/h8-11,13,15H,5-7,12H2,1-4H3,(H,20,23)/t13-,15+/m0/s1. The Hall–Kier alpha value is -2.37. The lowest BCUT2D eigenvalue weighted by atomic mass is 10.1. The smallest absolute Gasteiger partial charge is 0.332 e. The van der Waals surface area contributed by atoms with Crippen LogP contribution in [0.15, 0.2) is 33.9 Å². The van der Waals surface area contributed by atoms with Crippen LogP contribution in [0.5, 0.6) is 0 Å². The molecule has 0 fully saturated rings. The minimum atomic E-state index is -0.643. The first-order valence-electron chi connectivity index (χ1n) is 9.00. The number of hydrogen-bond donors (Lipinski definition) is 1. The zero-order chi connectivity index (χ0) is 18.6. The molecule has 1 aromatic heterocycles. The molecule has 0 aliphatic rings. The van der Waals surface area contributed by atoms with Crippen molar-refractivity contribution in [3.05, 3.63) is 45.1 Å². The number of carbonyl (C=O) groups excluding carboxylic acids is 1. The van der Waals surface area contributed by atoms with Gasteiger partial charge in [-0.15, -0.1) is 0 Å². The van der Waals surface area contributed by atoms with E-state index < -0.39 is 11.7 Å². The number of benzene rings is 1. The SMILES string of the molecule is CCCn1c(=O)c2ccccc2n([C@H](CC)C(=O)N[C@@H](C)CC)c1=O. The average Bonchev–Trinajstić information content (AvgIpc) is 2.61. The van der Waals surface area contributed by atoms with Crippen molar-refractivity contribution < 1.29 is 4.79 Å². The van der Waals surface area contributed by atoms with Crippen molar-refractivity contribution in [1.82, 2.24) is 14.5 Å². The van der Waals surface area contributed by atoms with Crippen molar-refractivity contribution in [1.29, 1.82) is 0 Å². The van der Waals surface area contributed by atoms with Crippen LogP contribution in [0.1, 0.15) is 53.0 Å². The van der Waals surface area contributed by atoms with E-state index in [2.05, 4.69) is 5.32 Å². The average molecular weight is 345 g/mol. The highest BCUT2D eigenvalue weighted by atomic mass is 16.2. The van der Waals surface area contributed by atoms with E-state index in [0.29, 0.717) is 30.3 Å². The van der Waals surface area contributed by atoms with Gasteiger partial charge in [0.2, 0.25) is 5.91 Å². The van der Waals surface area contributed by atoms with E-state index in [4.69, 9.17) is 0 Å². The quantitative estimate of drug-likeness (QED) is 0.838. The molecule has 6 nitrogen and oxygen atoms in total. The topological polar surface area (TPSA) is 73.1 Å². The number of carbonyl (C=O) groups is 1. The number of rotatable bonds is 7. The van der Waals surface area contributed by atoms with E-state index in [0.717, 1.165) is 6.42 Å². The molecule has 6 heteroatoms. The predicted molar refractivity (Wildman–Crippen MR) is 100.0 cm³/mol. The minimum Gasteiger partial charge on any atom is -0.352 e. The van der Waals surface area contributed by atoms with Gasteiger partial charge in [-0.05, 0) is 38.3 Å². The number of nitrogens with one attached hydrogen (secondary N) is 1. The fourth-order valence-electron chi connectivity index (χ4n) is 2.98. The van der Waals surface area contributed by atoms with Gasteiger partial charge in [0.05, 0.1) is 10.9 Å². The van der Waals surface area contributed by atoms with E-state index in [1.165, 1.54) is 9.13 Å².